The molecule has 0 amide bonds. The monoisotopic (exact) mass is 250 g/mol. The molecule has 18 heavy (non-hydrogen) atoms. The molecular formula is C12H18N4O2. The molecule has 1 fully saturated rings. The zero-order chi connectivity index (χ0) is 13.1. The van der Waals surface area contributed by atoms with Gasteiger partial charge in [-0.25, -0.2) is 0 Å². The lowest BCUT2D eigenvalue weighted by Crippen LogP contribution is -2.25. The lowest BCUT2D eigenvalue weighted by Gasteiger charge is -2.20. The summed E-state index contributed by atoms with van der Waals surface area (Å²) in [7, 11) is 0. The van der Waals surface area contributed by atoms with E-state index < -0.39 is 4.92 Å². The topological polar surface area (TPSA) is 84.4 Å². The maximum atomic E-state index is 10.8. The Kier molecular flexibility index (Phi) is 3.78. The SMILES string of the molecule is CCN(Cc1ccc([N+](=O)[O-])c(NN)c1)C1CC1. The van der Waals surface area contributed by atoms with E-state index in [1.807, 2.05) is 0 Å². The third kappa shape index (κ3) is 2.77. The van der Waals surface area contributed by atoms with Crippen LogP contribution in [0.1, 0.15) is 25.3 Å². The second-order valence-corrected chi connectivity index (χ2v) is 4.55. The van der Waals surface area contributed by atoms with Gasteiger partial charge in [0.25, 0.3) is 5.69 Å². The summed E-state index contributed by atoms with van der Waals surface area (Å²) in [6, 6.07) is 5.73. The van der Waals surface area contributed by atoms with Gasteiger partial charge in [0.05, 0.1) is 4.92 Å². The molecule has 1 saturated carbocycles. The van der Waals surface area contributed by atoms with Gasteiger partial charge in [-0.2, -0.15) is 0 Å². The molecule has 3 N–H and O–H groups in total. The Labute approximate surface area is 106 Å². The minimum Gasteiger partial charge on any atom is -0.318 e. The molecule has 1 aliphatic carbocycles. The molecule has 1 aromatic carbocycles. The highest BCUT2D eigenvalue weighted by Crippen LogP contribution is 2.30. The van der Waals surface area contributed by atoms with Gasteiger partial charge in [-0.1, -0.05) is 13.0 Å². The first-order valence-corrected chi connectivity index (χ1v) is 6.13. The standard InChI is InChI=1S/C12H18N4O2/c1-2-15(10-4-5-10)8-9-3-6-12(16(17)18)11(7-9)14-13/h3,6-7,10,14H,2,4-5,8,13H2,1H3. The zero-order valence-electron chi connectivity index (χ0n) is 10.4. The molecule has 98 valence electrons. The molecule has 2 rings (SSSR count). The molecule has 1 aliphatic rings. The molecule has 0 heterocycles. The van der Waals surface area contributed by atoms with Crippen molar-refractivity contribution in [3.8, 4) is 0 Å². The molecule has 6 nitrogen and oxygen atoms in total. The number of nitro benzene ring substituents is 1. The highest BCUT2D eigenvalue weighted by Gasteiger charge is 2.27. The lowest BCUT2D eigenvalue weighted by atomic mass is 10.1. The van der Waals surface area contributed by atoms with Gasteiger partial charge in [-0.15, -0.1) is 0 Å². The smallest absolute Gasteiger partial charge is 0.293 e. The average molecular weight is 250 g/mol. The van der Waals surface area contributed by atoms with Gasteiger partial charge in [-0.05, 0) is 31.0 Å². The fourth-order valence-electron chi connectivity index (χ4n) is 2.13. The van der Waals surface area contributed by atoms with Crippen LogP contribution in [-0.4, -0.2) is 22.4 Å². The van der Waals surface area contributed by atoms with E-state index in [0.717, 1.165) is 18.7 Å². The van der Waals surface area contributed by atoms with Crippen molar-refractivity contribution in [1.82, 2.24) is 4.90 Å². The van der Waals surface area contributed by atoms with Crippen molar-refractivity contribution >= 4 is 11.4 Å². The van der Waals surface area contributed by atoms with Crippen molar-refractivity contribution in [3.63, 3.8) is 0 Å². The maximum Gasteiger partial charge on any atom is 0.293 e. The molecule has 0 aromatic heterocycles. The molecule has 0 aliphatic heterocycles. The van der Waals surface area contributed by atoms with Gasteiger partial charge in [-0.3, -0.25) is 20.9 Å². The summed E-state index contributed by atoms with van der Waals surface area (Å²) >= 11 is 0. The molecule has 0 atom stereocenters. The van der Waals surface area contributed by atoms with Crippen LogP contribution in [0.25, 0.3) is 0 Å². The van der Waals surface area contributed by atoms with Gasteiger partial charge in [0.1, 0.15) is 5.69 Å². The second kappa shape index (κ2) is 5.32. The number of hydrazine groups is 1. The van der Waals surface area contributed by atoms with E-state index in [9.17, 15) is 10.1 Å². The van der Waals surface area contributed by atoms with Crippen molar-refractivity contribution < 1.29 is 4.92 Å². The first kappa shape index (κ1) is 12.8. The van der Waals surface area contributed by atoms with E-state index in [-0.39, 0.29) is 5.69 Å². The number of nitrogens with one attached hydrogen (secondary N) is 1. The summed E-state index contributed by atoms with van der Waals surface area (Å²) < 4.78 is 0. The fourth-order valence-corrected chi connectivity index (χ4v) is 2.13. The number of nitrogens with zero attached hydrogens (tertiary/aromatic N) is 2. The quantitative estimate of drug-likeness (QED) is 0.457. The number of rotatable bonds is 6. The van der Waals surface area contributed by atoms with E-state index in [4.69, 9.17) is 5.84 Å². The number of nitro groups is 1. The first-order chi connectivity index (χ1) is 8.65. The number of hydrogen-bond acceptors (Lipinski definition) is 5. The van der Waals surface area contributed by atoms with Crippen LogP contribution in [0.4, 0.5) is 11.4 Å². The molecular weight excluding hydrogens is 232 g/mol. The number of anilines is 1. The van der Waals surface area contributed by atoms with Crippen LogP contribution >= 0.6 is 0 Å². The number of benzene rings is 1. The Bertz CT molecular complexity index is 446. The van der Waals surface area contributed by atoms with Crippen LogP contribution in [-0.2, 0) is 6.54 Å². The van der Waals surface area contributed by atoms with Gasteiger partial charge >= 0.3 is 0 Å². The van der Waals surface area contributed by atoms with E-state index in [1.165, 1.54) is 18.9 Å². The van der Waals surface area contributed by atoms with Gasteiger partial charge in [0.15, 0.2) is 0 Å². The van der Waals surface area contributed by atoms with E-state index in [2.05, 4.69) is 17.2 Å². The minimum atomic E-state index is -0.433. The van der Waals surface area contributed by atoms with Crippen molar-refractivity contribution in [3.05, 3.63) is 33.9 Å². The van der Waals surface area contributed by atoms with Crippen molar-refractivity contribution in [2.75, 3.05) is 12.0 Å². The summed E-state index contributed by atoms with van der Waals surface area (Å²) in [5.41, 5.74) is 3.81. The van der Waals surface area contributed by atoms with Crippen molar-refractivity contribution in [1.29, 1.82) is 0 Å². The molecule has 1 aromatic rings. The van der Waals surface area contributed by atoms with Gasteiger partial charge in [0.2, 0.25) is 0 Å². The summed E-state index contributed by atoms with van der Waals surface area (Å²) in [6.45, 7) is 3.94. The van der Waals surface area contributed by atoms with E-state index >= 15 is 0 Å². The predicted octanol–water partition coefficient (Wildman–Crippen LogP) is 1.86. The van der Waals surface area contributed by atoms with Crippen molar-refractivity contribution in [2.45, 2.75) is 32.4 Å². The van der Waals surface area contributed by atoms with E-state index in [1.54, 1.807) is 12.1 Å². The molecule has 0 radical (unpaired) electrons. The Morgan fingerprint density at radius 1 is 1.56 bits per heavy atom. The van der Waals surface area contributed by atoms with Gasteiger partial charge < -0.3 is 5.43 Å². The second-order valence-electron chi connectivity index (χ2n) is 4.55. The minimum absolute atomic E-state index is 0.00993. The van der Waals surface area contributed by atoms with Crippen molar-refractivity contribution in [2.24, 2.45) is 5.84 Å². The Hall–Kier alpha value is -1.66. The third-order valence-electron chi connectivity index (χ3n) is 3.27. The Morgan fingerprint density at radius 3 is 2.78 bits per heavy atom. The fraction of sp³-hybridized carbons (Fsp3) is 0.500. The molecule has 0 saturated heterocycles. The van der Waals surface area contributed by atoms with Crippen LogP contribution in [0.15, 0.2) is 18.2 Å². The molecule has 0 spiro atoms. The Morgan fingerprint density at radius 2 is 2.28 bits per heavy atom. The normalized spacial score (nSPS) is 14.8. The van der Waals surface area contributed by atoms with Crippen LogP contribution in [0.2, 0.25) is 0 Å². The number of nitrogens with two attached hydrogens (primary N) is 1. The van der Waals surface area contributed by atoms with Crippen LogP contribution < -0.4 is 11.3 Å². The Balaban J connectivity index is 2.15. The molecule has 6 heteroatoms. The summed E-state index contributed by atoms with van der Waals surface area (Å²) in [4.78, 5) is 12.7. The predicted molar refractivity (Wildman–Crippen MR) is 70.0 cm³/mol. The molecule has 0 unspecified atom stereocenters. The zero-order valence-corrected chi connectivity index (χ0v) is 10.4. The van der Waals surface area contributed by atoms with Crippen LogP contribution in [0.3, 0.4) is 0 Å². The lowest BCUT2D eigenvalue weighted by molar-refractivity contribution is -0.384. The average Bonchev–Trinajstić information content (AvgIpc) is 3.19. The van der Waals surface area contributed by atoms with E-state index in [0.29, 0.717) is 11.7 Å². The summed E-state index contributed by atoms with van der Waals surface area (Å²) in [5.74, 6) is 5.32. The van der Waals surface area contributed by atoms with Gasteiger partial charge in [0, 0.05) is 18.7 Å². The maximum absolute atomic E-state index is 10.8. The highest BCUT2D eigenvalue weighted by atomic mass is 16.6. The molecule has 0 bridgehead atoms. The summed E-state index contributed by atoms with van der Waals surface area (Å²) in [5, 5.41) is 10.8. The highest BCUT2D eigenvalue weighted by molar-refractivity contribution is 5.62. The number of hydrogen-bond donors (Lipinski definition) is 2. The first-order valence-electron chi connectivity index (χ1n) is 6.13. The summed E-state index contributed by atoms with van der Waals surface area (Å²) in [6.07, 6.45) is 2.51. The van der Waals surface area contributed by atoms with Crippen LogP contribution in [0.5, 0.6) is 0 Å². The largest absolute Gasteiger partial charge is 0.318 e. The number of nitrogen functional groups attached to an aromatic ring is 1. The third-order valence-corrected chi connectivity index (χ3v) is 3.27. The van der Waals surface area contributed by atoms with Crippen LogP contribution in [0, 0.1) is 10.1 Å².